The molecule has 1 N–H and O–H groups in total. The summed E-state index contributed by atoms with van der Waals surface area (Å²) in [5.41, 5.74) is 1.66. The summed E-state index contributed by atoms with van der Waals surface area (Å²) in [7, 11) is -4.18. The lowest BCUT2D eigenvalue weighted by molar-refractivity contribution is 0.481. The van der Waals surface area contributed by atoms with Crippen molar-refractivity contribution in [3.05, 3.63) is 29.3 Å². The molecule has 0 saturated carbocycles. The number of alkyl halides is 1. The van der Waals surface area contributed by atoms with Crippen LogP contribution >= 0.6 is 15.9 Å². The van der Waals surface area contributed by atoms with Gasteiger partial charge in [0, 0.05) is 4.83 Å². The van der Waals surface area contributed by atoms with Crippen molar-refractivity contribution in [3.8, 4) is 0 Å². The van der Waals surface area contributed by atoms with Gasteiger partial charge in [0.1, 0.15) is 0 Å². The maximum Gasteiger partial charge on any atom is 0.294 e. The first kappa shape index (κ1) is 21.7. The molecule has 1 aromatic rings. The Hall–Kier alpha value is -0.390. The first-order chi connectivity index (χ1) is 11.4. The van der Waals surface area contributed by atoms with E-state index in [-0.39, 0.29) is 9.72 Å². The van der Waals surface area contributed by atoms with Gasteiger partial charge >= 0.3 is 0 Å². The van der Waals surface area contributed by atoms with Crippen LogP contribution in [0.3, 0.4) is 0 Å². The van der Waals surface area contributed by atoms with Gasteiger partial charge in [0.25, 0.3) is 10.1 Å². The fourth-order valence-corrected chi connectivity index (χ4v) is 4.53. The van der Waals surface area contributed by atoms with Crippen LogP contribution in [-0.2, 0) is 10.1 Å². The summed E-state index contributed by atoms with van der Waals surface area (Å²) in [6.45, 7) is 4.16. The number of unbranched alkanes of at least 4 members (excludes halogenated alkanes) is 8. The molecule has 1 rings (SSSR count). The summed E-state index contributed by atoms with van der Waals surface area (Å²) < 4.78 is 32.4. The van der Waals surface area contributed by atoms with Gasteiger partial charge in [-0.25, -0.2) is 0 Å². The van der Waals surface area contributed by atoms with Gasteiger partial charge in [0.05, 0.1) is 4.90 Å². The minimum Gasteiger partial charge on any atom is -0.282 e. The van der Waals surface area contributed by atoms with E-state index in [9.17, 15) is 13.0 Å². The predicted molar refractivity (Wildman–Crippen MR) is 105 cm³/mol. The number of rotatable bonds is 12. The summed E-state index contributed by atoms with van der Waals surface area (Å²) in [6.07, 6.45) is 12.3. The van der Waals surface area contributed by atoms with E-state index in [1.165, 1.54) is 57.4 Å². The second kappa shape index (κ2) is 11.3. The van der Waals surface area contributed by atoms with Gasteiger partial charge in [-0.05, 0) is 25.0 Å². The smallest absolute Gasteiger partial charge is 0.282 e. The summed E-state index contributed by atoms with van der Waals surface area (Å²) in [6, 6.07) is 5.05. The molecule has 0 radical (unpaired) electrons. The van der Waals surface area contributed by atoms with Gasteiger partial charge in [-0.2, -0.15) is 8.42 Å². The Morgan fingerprint density at radius 3 is 2.08 bits per heavy atom. The Labute approximate surface area is 156 Å². The fourth-order valence-electron chi connectivity index (χ4n) is 2.94. The fraction of sp³-hybridized carbons (Fsp3) is 0.684. The van der Waals surface area contributed by atoms with E-state index < -0.39 is 10.1 Å². The van der Waals surface area contributed by atoms with Crippen molar-refractivity contribution in [2.75, 3.05) is 0 Å². The molecule has 0 amide bonds. The standard InChI is InChI=1S/C19H31BrO3S/c1-3-4-5-6-7-8-9-10-11-12-18(20)17-15-16(2)13-14-19(17)24(21,22)23/h13-15,18H,3-12H2,1-2H3,(H,21,22,23). The van der Waals surface area contributed by atoms with Crippen LogP contribution < -0.4 is 0 Å². The largest absolute Gasteiger partial charge is 0.294 e. The maximum absolute atomic E-state index is 11.5. The first-order valence-electron chi connectivity index (χ1n) is 9.08. The van der Waals surface area contributed by atoms with Crippen LogP contribution in [0.1, 0.15) is 87.1 Å². The lowest BCUT2D eigenvalue weighted by atomic mass is 10.0. The minimum atomic E-state index is -4.18. The molecule has 3 nitrogen and oxygen atoms in total. The summed E-state index contributed by atoms with van der Waals surface area (Å²) in [4.78, 5) is -0.0234. The highest BCUT2D eigenvalue weighted by Gasteiger charge is 2.20. The van der Waals surface area contributed by atoms with Crippen LogP contribution in [0.5, 0.6) is 0 Å². The quantitative estimate of drug-likeness (QED) is 0.236. The monoisotopic (exact) mass is 418 g/mol. The van der Waals surface area contributed by atoms with Crippen LogP contribution in [0.2, 0.25) is 0 Å². The molecule has 1 atom stereocenters. The second-order valence-electron chi connectivity index (χ2n) is 6.60. The molecular weight excluding hydrogens is 388 g/mol. The molecule has 1 unspecified atom stereocenters. The molecule has 1 aromatic carbocycles. The molecule has 0 aliphatic rings. The molecular formula is C19H31BrO3S. The first-order valence-corrected chi connectivity index (χ1v) is 11.4. The molecule has 0 aromatic heterocycles. The molecule has 138 valence electrons. The Balaban J connectivity index is 2.38. The molecule has 5 heteroatoms. The third-order valence-electron chi connectivity index (χ3n) is 4.34. The van der Waals surface area contributed by atoms with E-state index in [1.54, 1.807) is 6.07 Å². The average molecular weight is 419 g/mol. The third kappa shape index (κ3) is 8.13. The van der Waals surface area contributed by atoms with Gasteiger partial charge in [-0.1, -0.05) is 98.3 Å². The van der Waals surface area contributed by atoms with Crippen LogP contribution in [-0.4, -0.2) is 13.0 Å². The maximum atomic E-state index is 11.5. The summed E-state index contributed by atoms with van der Waals surface area (Å²) >= 11 is 3.60. The molecule has 24 heavy (non-hydrogen) atoms. The number of halogens is 1. The number of hydrogen-bond acceptors (Lipinski definition) is 2. The zero-order valence-electron chi connectivity index (χ0n) is 14.9. The van der Waals surface area contributed by atoms with Crippen molar-refractivity contribution in [3.63, 3.8) is 0 Å². The van der Waals surface area contributed by atoms with E-state index in [2.05, 4.69) is 22.9 Å². The predicted octanol–water partition coefficient (Wildman–Crippen LogP) is 6.60. The molecule has 0 spiro atoms. The zero-order chi connectivity index (χ0) is 18.0. The highest BCUT2D eigenvalue weighted by Crippen LogP contribution is 2.34. The number of benzene rings is 1. The van der Waals surface area contributed by atoms with Crippen LogP contribution in [0, 0.1) is 6.92 Å². The van der Waals surface area contributed by atoms with E-state index in [4.69, 9.17) is 0 Å². The lowest BCUT2D eigenvalue weighted by Crippen LogP contribution is -2.05. The minimum absolute atomic E-state index is 0.0194. The zero-order valence-corrected chi connectivity index (χ0v) is 17.3. The molecule has 0 aliphatic carbocycles. The lowest BCUT2D eigenvalue weighted by Gasteiger charge is -2.14. The highest BCUT2D eigenvalue weighted by atomic mass is 79.9. The highest BCUT2D eigenvalue weighted by molar-refractivity contribution is 9.09. The van der Waals surface area contributed by atoms with Crippen molar-refractivity contribution >= 4 is 26.0 Å². The van der Waals surface area contributed by atoms with E-state index in [0.29, 0.717) is 5.56 Å². The van der Waals surface area contributed by atoms with Crippen molar-refractivity contribution < 1.29 is 13.0 Å². The van der Waals surface area contributed by atoms with Crippen molar-refractivity contribution in [1.82, 2.24) is 0 Å². The Kier molecular flexibility index (Phi) is 10.2. The van der Waals surface area contributed by atoms with Crippen molar-refractivity contribution in [1.29, 1.82) is 0 Å². The molecule has 0 aliphatic heterocycles. The Morgan fingerprint density at radius 1 is 1.00 bits per heavy atom. The summed E-state index contributed by atoms with van der Waals surface area (Å²) in [5, 5.41) is 0. The average Bonchev–Trinajstić information content (AvgIpc) is 2.51. The van der Waals surface area contributed by atoms with E-state index in [0.717, 1.165) is 18.4 Å². The number of aryl methyl sites for hydroxylation is 1. The second-order valence-corrected chi connectivity index (χ2v) is 9.10. The third-order valence-corrected chi connectivity index (χ3v) is 6.22. The van der Waals surface area contributed by atoms with E-state index in [1.807, 2.05) is 13.0 Å². The SMILES string of the molecule is CCCCCCCCCCCC(Br)c1cc(C)ccc1S(=O)(=O)O. The van der Waals surface area contributed by atoms with Crippen LogP contribution in [0.4, 0.5) is 0 Å². The van der Waals surface area contributed by atoms with E-state index >= 15 is 0 Å². The molecule has 0 bridgehead atoms. The Morgan fingerprint density at radius 2 is 1.54 bits per heavy atom. The van der Waals surface area contributed by atoms with Gasteiger partial charge in [0.2, 0.25) is 0 Å². The van der Waals surface area contributed by atoms with Gasteiger partial charge in [-0.15, -0.1) is 0 Å². The normalized spacial score (nSPS) is 13.2. The molecule has 0 fully saturated rings. The molecule has 0 heterocycles. The Bertz CT molecular complexity index is 584. The van der Waals surface area contributed by atoms with Crippen LogP contribution in [0.15, 0.2) is 23.1 Å². The van der Waals surface area contributed by atoms with Gasteiger partial charge in [-0.3, -0.25) is 4.55 Å². The van der Waals surface area contributed by atoms with Crippen molar-refractivity contribution in [2.45, 2.75) is 87.8 Å². The number of hydrogen-bond donors (Lipinski definition) is 1. The molecule has 0 saturated heterocycles. The van der Waals surface area contributed by atoms with Gasteiger partial charge in [0.15, 0.2) is 0 Å². The summed E-state index contributed by atoms with van der Waals surface area (Å²) in [5.74, 6) is 0. The van der Waals surface area contributed by atoms with Crippen molar-refractivity contribution in [2.24, 2.45) is 0 Å². The topological polar surface area (TPSA) is 54.4 Å². The van der Waals surface area contributed by atoms with Gasteiger partial charge < -0.3 is 0 Å². The van der Waals surface area contributed by atoms with Crippen LogP contribution in [0.25, 0.3) is 0 Å².